The van der Waals surface area contributed by atoms with Crippen LogP contribution in [-0.4, -0.2) is 30.6 Å². The highest BCUT2D eigenvalue weighted by atomic mass is 16.5. The second-order valence-electron chi connectivity index (χ2n) is 4.17. The summed E-state index contributed by atoms with van der Waals surface area (Å²) in [5, 5.41) is 8.71. The van der Waals surface area contributed by atoms with Gasteiger partial charge in [-0.3, -0.25) is 9.59 Å². The zero-order valence-electron chi connectivity index (χ0n) is 9.92. The first-order valence-electron chi connectivity index (χ1n) is 5.49. The molecule has 6 nitrogen and oxygen atoms in total. The molecule has 96 valence electrons. The number of ether oxygens (including phenoxy) is 1. The van der Waals surface area contributed by atoms with Crippen molar-refractivity contribution in [1.82, 2.24) is 0 Å². The molecule has 0 aromatic heterocycles. The summed E-state index contributed by atoms with van der Waals surface area (Å²) in [6.07, 6.45) is -0.155. The van der Waals surface area contributed by atoms with E-state index in [1.165, 1.54) is 4.90 Å². The maximum absolute atomic E-state index is 11.5. The number of hydrogen-bond acceptors (Lipinski definition) is 4. The minimum atomic E-state index is -0.957. The van der Waals surface area contributed by atoms with Crippen LogP contribution >= 0.6 is 0 Å². The number of benzene rings is 1. The van der Waals surface area contributed by atoms with E-state index in [0.717, 1.165) is 0 Å². The van der Waals surface area contributed by atoms with Gasteiger partial charge in [-0.05, 0) is 17.7 Å². The smallest absolute Gasteiger partial charge is 0.305 e. The first-order valence-corrected chi connectivity index (χ1v) is 5.49. The number of likely N-dealkylation sites (N-methyl/N-ethyl adjacent to an activating group) is 1. The lowest BCUT2D eigenvalue weighted by atomic mass is 10.0. The number of hydrogen-bond donors (Lipinski definition) is 2. The Balaban J connectivity index is 2.31. The van der Waals surface area contributed by atoms with Crippen LogP contribution < -0.4 is 15.4 Å². The van der Waals surface area contributed by atoms with Crippen LogP contribution in [0.4, 0.5) is 5.69 Å². The molecule has 1 heterocycles. The average molecular weight is 250 g/mol. The molecule has 0 saturated carbocycles. The van der Waals surface area contributed by atoms with Crippen LogP contribution in [0.15, 0.2) is 18.2 Å². The molecule has 18 heavy (non-hydrogen) atoms. The number of anilines is 1. The number of nitrogens with two attached hydrogens (primary N) is 1. The Morgan fingerprint density at radius 1 is 1.61 bits per heavy atom. The Hall–Kier alpha value is -2.08. The molecule has 0 saturated heterocycles. The Morgan fingerprint density at radius 3 is 3.00 bits per heavy atom. The third-order valence-corrected chi connectivity index (χ3v) is 2.89. The number of carboxylic acids is 1. The minimum absolute atomic E-state index is 0.0179. The molecule has 0 aliphatic carbocycles. The molecule has 3 N–H and O–H groups in total. The lowest BCUT2D eigenvalue weighted by Gasteiger charge is -2.27. The lowest BCUT2D eigenvalue weighted by molar-refractivity contribution is -0.137. The molecule has 1 aromatic rings. The van der Waals surface area contributed by atoms with Crippen LogP contribution in [0.2, 0.25) is 0 Å². The fourth-order valence-corrected chi connectivity index (χ4v) is 1.83. The summed E-state index contributed by atoms with van der Waals surface area (Å²) in [7, 11) is 1.65. The molecule has 2 rings (SSSR count). The van der Waals surface area contributed by atoms with Gasteiger partial charge in [-0.15, -0.1) is 0 Å². The van der Waals surface area contributed by atoms with Gasteiger partial charge < -0.3 is 20.5 Å². The van der Waals surface area contributed by atoms with Crippen molar-refractivity contribution in [2.75, 3.05) is 18.6 Å². The predicted octanol–water partition coefficient (Wildman–Crippen LogP) is 0.516. The van der Waals surface area contributed by atoms with E-state index in [1.54, 1.807) is 25.2 Å². The Morgan fingerprint density at radius 2 is 2.33 bits per heavy atom. The van der Waals surface area contributed by atoms with Gasteiger partial charge in [0.2, 0.25) is 0 Å². The van der Waals surface area contributed by atoms with E-state index in [9.17, 15) is 9.59 Å². The fraction of sp³-hybridized carbons (Fsp3) is 0.333. The molecule has 1 amide bonds. The summed E-state index contributed by atoms with van der Waals surface area (Å²) in [5.74, 6) is -0.504. The van der Waals surface area contributed by atoms with E-state index in [2.05, 4.69) is 0 Å². The zero-order chi connectivity index (χ0) is 13.3. The zero-order valence-corrected chi connectivity index (χ0v) is 9.92. The molecule has 6 heteroatoms. The summed E-state index contributed by atoms with van der Waals surface area (Å²) in [6.45, 7) is 0.0179. The van der Waals surface area contributed by atoms with E-state index in [1.807, 2.05) is 0 Å². The quantitative estimate of drug-likeness (QED) is 0.815. The maximum Gasteiger partial charge on any atom is 0.305 e. The second-order valence-corrected chi connectivity index (χ2v) is 4.17. The number of amides is 1. The van der Waals surface area contributed by atoms with Crippen molar-refractivity contribution in [1.29, 1.82) is 0 Å². The van der Waals surface area contributed by atoms with Gasteiger partial charge >= 0.3 is 5.97 Å². The van der Waals surface area contributed by atoms with Gasteiger partial charge in [0.05, 0.1) is 12.1 Å². The first kappa shape index (κ1) is 12.4. The molecule has 0 bridgehead atoms. The highest BCUT2D eigenvalue weighted by Gasteiger charge is 2.23. The summed E-state index contributed by atoms with van der Waals surface area (Å²) < 4.78 is 5.27. The van der Waals surface area contributed by atoms with Crippen molar-refractivity contribution in [2.24, 2.45) is 5.73 Å². The number of rotatable bonds is 3. The molecule has 1 aromatic carbocycles. The molecule has 0 spiro atoms. The van der Waals surface area contributed by atoms with Crippen LogP contribution in [0, 0.1) is 0 Å². The van der Waals surface area contributed by atoms with Gasteiger partial charge in [0.25, 0.3) is 5.91 Å². The van der Waals surface area contributed by atoms with Gasteiger partial charge in [0, 0.05) is 13.1 Å². The number of carbonyl (C=O) groups excluding carboxylic acids is 1. The topological polar surface area (TPSA) is 92.9 Å². The molecular weight excluding hydrogens is 236 g/mol. The standard InChI is InChI=1S/C12H14N2O4/c1-14-9-4-7(8(13)5-12(16)17)2-3-10(9)18-6-11(14)15/h2-4,8H,5-6,13H2,1H3,(H,16,17). The minimum Gasteiger partial charge on any atom is -0.482 e. The van der Waals surface area contributed by atoms with Crippen molar-refractivity contribution in [3.8, 4) is 5.75 Å². The van der Waals surface area contributed by atoms with Crippen LogP contribution in [0.25, 0.3) is 0 Å². The molecule has 1 aliphatic heterocycles. The largest absolute Gasteiger partial charge is 0.482 e. The van der Waals surface area contributed by atoms with Gasteiger partial charge in [-0.25, -0.2) is 0 Å². The first-order chi connectivity index (χ1) is 8.49. The summed E-state index contributed by atoms with van der Waals surface area (Å²) >= 11 is 0. The van der Waals surface area contributed by atoms with Crippen molar-refractivity contribution in [3.05, 3.63) is 23.8 Å². The van der Waals surface area contributed by atoms with Crippen LogP contribution in [-0.2, 0) is 9.59 Å². The van der Waals surface area contributed by atoms with Crippen LogP contribution in [0.1, 0.15) is 18.0 Å². The molecule has 1 unspecified atom stereocenters. The summed E-state index contributed by atoms with van der Waals surface area (Å²) in [5.41, 5.74) is 7.07. The number of carboxylic acid groups (broad SMARTS) is 1. The normalized spacial score (nSPS) is 15.9. The number of nitrogens with zero attached hydrogens (tertiary/aromatic N) is 1. The van der Waals surface area contributed by atoms with E-state index in [-0.39, 0.29) is 18.9 Å². The fourth-order valence-electron chi connectivity index (χ4n) is 1.83. The van der Waals surface area contributed by atoms with E-state index in [0.29, 0.717) is 17.0 Å². The number of fused-ring (bicyclic) bond motifs is 1. The SMILES string of the molecule is CN1C(=O)COc2ccc(C(N)CC(=O)O)cc21. The predicted molar refractivity (Wildman–Crippen MR) is 64.5 cm³/mol. The molecule has 0 fully saturated rings. The highest BCUT2D eigenvalue weighted by Crippen LogP contribution is 2.33. The Kier molecular flexibility index (Phi) is 3.20. The van der Waals surface area contributed by atoms with Crippen molar-refractivity contribution < 1.29 is 19.4 Å². The van der Waals surface area contributed by atoms with Gasteiger partial charge in [-0.2, -0.15) is 0 Å². The van der Waals surface area contributed by atoms with Crippen molar-refractivity contribution in [3.63, 3.8) is 0 Å². The third-order valence-electron chi connectivity index (χ3n) is 2.89. The van der Waals surface area contributed by atoms with E-state index < -0.39 is 12.0 Å². The number of aliphatic carboxylic acids is 1. The average Bonchev–Trinajstić information content (AvgIpc) is 2.33. The summed E-state index contributed by atoms with van der Waals surface area (Å²) in [4.78, 5) is 23.6. The van der Waals surface area contributed by atoms with Crippen LogP contribution in [0.5, 0.6) is 5.75 Å². The molecule has 1 aliphatic rings. The lowest BCUT2D eigenvalue weighted by Crippen LogP contribution is -2.35. The van der Waals surface area contributed by atoms with Crippen molar-refractivity contribution in [2.45, 2.75) is 12.5 Å². The van der Waals surface area contributed by atoms with Gasteiger partial charge in [-0.1, -0.05) is 6.07 Å². The number of carbonyl (C=O) groups is 2. The molecule has 1 atom stereocenters. The maximum atomic E-state index is 11.5. The van der Waals surface area contributed by atoms with Gasteiger partial charge in [0.1, 0.15) is 5.75 Å². The third kappa shape index (κ3) is 2.28. The Labute approximate surface area is 104 Å². The van der Waals surface area contributed by atoms with E-state index >= 15 is 0 Å². The van der Waals surface area contributed by atoms with E-state index in [4.69, 9.17) is 15.6 Å². The molecular formula is C12H14N2O4. The molecule has 0 radical (unpaired) electrons. The Bertz CT molecular complexity index is 501. The van der Waals surface area contributed by atoms with Gasteiger partial charge in [0.15, 0.2) is 6.61 Å². The summed E-state index contributed by atoms with van der Waals surface area (Å²) in [6, 6.07) is 4.52. The van der Waals surface area contributed by atoms with Crippen molar-refractivity contribution >= 4 is 17.6 Å². The highest BCUT2D eigenvalue weighted by molar-refractivity contribution is 5.97. The second kappa shape index (κ2) is 4.66. The monoisotopic (exact) mass is 250 g/mol. The van der Waals surface area contributed by atoms with Crippen LogP contribution in [0.3, 0.4) is 0 Å².